The molecule has 0 aliphatic carbocycles. The van der Waals surface area contributed by atoms with Crippen LogP contribution in [0.4, 0.5) is 5.69 Å². The summed E-state index contributed by atoms with van der Waals surface area (Å²) in [5.74, 6) is 1.80. The Kier molecular flexibility index (Phi) is 4.71. The summed E-state index contributed by atoms with van der Waals surface area (Å²) in [6.45, 7) is 3.65. The Labute approximate surface area is 148 Å². The first kappa shape index (κ1) is 17.0. The lowest BCUT2D eigenvalue weighted by Crippen LogP contribution is -2.13. The van der Waals surface area contributed by atoms with Crippen LogP contribution >= 0.6 is 11.3 Å². The number of carbonyl (C=O) groups excluding carboxylic acids is 1. The molecule has 3 aromatic rings. The molecular formula is C17H17N3O4S. The number of hydrogen-bond donors (Lipinski definition) is 1. The van der Waals surface area contributed by atoms with Gasteiger partial charge in [-0.1, -0.05) is 5.16 Å². The van der Waals surface area contributed by atoms with Crippen LogP contribution in [0, 0.1) is 13.8 Å². The predicted octanol–water partition coefficient (Wildman–Crippen LogP) is 3.68. The lowest BCUT2D eigenvalue weighted by Gasteiger charge is -2.10. The van der Waals surface area contributed by atoms with Crippen LogP contribution in [0.25, 0.3) is 10.7 Å². The summed E-state index contributed by atoms with van der Waals surface area (Å²) in [5, 5.41) is 6.80. The molecule has 130 valence electrons. The van der Waals surface area contributed by atoms with E-state index in [4.69, 9.17) is 14.0 Å². The second-order valence-electron chi connectivity index (χ2n) is 5.24. The van der Waals surface area contributed by atoms with Crippen molar-refractivity contribution >= 4 is 22.9 Å². The first-order valence-electron chi connectivity index (χ1n) is 7.46. The van der Waals surface area contributed by atoms with Crippen LogP contribution < -0.4 is 14.8 Å². The van der Waals surface area contributed by atoms with Crippen LogP contribution in [0.15, 0.2) is 28.8 Å². The van der Waals surface area contributed by atoms with E-state index in [-0.39, 0.29) is 5.91 Å². The van der Waals surface area contributed by atoms with Gasteiger partial charge in [-0.2, -0.15) is 4.98 Å². The number of amides is 1. The normalized spacial score (nSPS) is 10.6. The summed E-state index contributed by atoms with van der Waals surface area (Å²) in [5.41, 5.74) is 1.12. The van der Waals surface area contributed by atoms with Gasteiger partial charge < -0.3 is 19.3 Å². The van der Waals surface area contributed by atoms with Gasteiger partial charge in [0.2, 0.25) is 11.7 Å². The number of hydrogen-bond acceptors (Lipinski definition) is 7. The van der Waals surface area contributed by atoms with Crippen molar-refractivity contribution in [1.82, 2.24) is 10.1 Å². The molecule has 0 unspecified atom stereocenters. The Morgan fingerprint density at radius 1 is 1.20 bits per heavy atom. The summed E-state index contributed by atoms with van der Waals surface area (Å²) in [6, 6.07) is 6.88. The zero-order valence-electron chi connectivity index (χ0n) is 14.2. The fraction of sp³-hybridized carbons (Fsp3) is 0.235. The van der Waals surface area contributed by atoms with Gasteiger partial charge >= 0.3 is 0 Å². The number of nitrogens with zero attached hydrogens (tertiary/aromatic N) is 2. The number of nitrogens with one attached hydrogen (secondary N) is 1. The molecule has 25 heavy (non-hydrogen) atoms. The smallest absolute Gasteiger partial charge is 0.259 e. The van der Waals surface area contributed by atoms with Crippen LogP contribution in [-0.2, 0) is 0 Å². The van der Waals surface area contributed by atoms with Gasteiger partial charge in [-0.15, -0.1) is 11.3 Å². The molecule has 0 saturated heterocycles. The third kappa shape index (κ3) is 3.48. The van der Waals surface area contributed by atoms with Crippen molar-refractivity contribution in [2.24, 2.45) is 0 Å². The highest BCUT2D eigenvalue weighted by Gasteiger charge is 2.17. The molecule has 0 spiro atoms. The van der Waals surface area contributed by atoms with E-state index in [1.54, 1.807) is 32.2 Å². The largest absolute Gasteiger partial charge is 0.497 e. The maximum absolute atomic E-state index is 12.6. The summed E-state index contributed by atoms with van der Waals surface area (Å²) in [6.07, 6.45) is 0. The second-order valence-corrected chi connectivity index (χ2v) is 6.49. The molecule has 7 nitrogen and oxygen atoms in total. The summed E-state index contributed by atoms with van der Waals surface area (Å²) in [4.78, 5) is 18.6. The van der Waals surface area contributed by atoms with E-state index in [1.165, 1.54) is 18.4 Å². The highest BCUT2D eigenvalue weighted by atomic mass is 32.1. The molecular weight excluding hydrogens is 342 g/mol. The van der Waals surface area contributed by atoms with Crippen LogP contribution in [0.1, 0.15) is 21.1 Å². The van der Waals surface area contributed by atoms with Crippen molar-refractivity contribution in [1.29, 1.82) is 0 Å². The Bertz CT molecular complexity index is 917. The SMILES string of the molecule is COc1ccc(C(=O)Nc2cc(-c3noc(C)n3)sc2C)c(OC)c1. The minimum atomic E-state index is -0.267. The molecule has 8 heteroatoms. The number of ether oxygens (including phenoxy) is 2. The second kappa shape index (κ2) is 6.94. The molecule has 2 aromatic heterocycles. The molecule has 0 fully saturated rings. The number of methoxy groups -OCH3 is 2. The number of carbonyl (C=O) groups is 1. The van der Waals surface area contributed by atoms with Crippen molar-refractivity contribution in [2.45, 2.75) is 13.8 Å². The molecule has 0 atom stereocenters. The summed E-state index contributed by atoms with van der Waals surface area (Å²) < 4.78 is 15.4. The van der Waals surface area contributed by atoms with E-state index >= 15 is 0 Å². The van der Waals surface area contributed by atoms with E-state index < -0.39 is 0 Å². The average Bonchev–Trinajstić information content (AvgIpc) is 3.20. The molecule has 1 amide bonds. The van der Waals surface area contributed by atoms with Gasteiger partial charge in [0.1, 0.15) is 11.5 Å². The Morgan fingerprint density at radius 2 is 2.00 bits per heavy atom. The van der Waals surface area contributed by atoms with Crippen LogP contribution in [0.2, 0.25) is 0 Å². The lowest BCUT2D eigenvalue weighted by molar-refractivity contribution is 0.102. The zero-order chi connectivity index (χ0) is 18.0. The third-order valence-electron chi connectivity index (χ3n) is 3.57. The quantitative estimate of drug-likeness (QED) is 0.748. The first-order chi connectivity index (χ1) is 12.0. The molecule has 0 aliphatic rings. The number of anilines is 1. The molecule has 3 rings (SSSR count). The van der Waals surface area contributed by atoms with Crippen molar-refractivity contribution in [3.8, 4) is 22.2 Å². The molecule has 0 bridgehead atoms. The van der Waals surface area contributed by atoms with Crippen LogP contribution in [0.3, 0.4) is 0 Å². The highest BCUT2D eigenvalue weighted by Crippen LogP contribution is 2.33. The fourth-order valence-electron chi connectivity index (χ4n) is 2.29. The maximum atomic E-state index is 12.6. The minimum Gasteiger partial charge on any atom is -0.497 e. The zero-order valence-corrected chi connectivity index (χ0v) is 15.1. The van der Waals surface area contributed by atoms with Gasteiger partial charge in [-0.3, -0.25) is 4.79 Å². The number of aryl methyl sites for hydroxylation is 2. The van der Waals surface area contributed by atoms with Crippen molar-refractivity contribution < 1.29 is 18.8 Å². The Balaban J connectivity index is 1.85. The lowest BCUT2D eigenvalue weighted by atomic mass is 10.1. The van der Waals surface area contributed by atoms with E-state index in [9.17, 15) is 4.79 Å². The van der Waals surface area contributed by atoms with Crippen molar-refractivity contribution in [2.75, 3.05) is 19.5 Å². The predicted molar refractivity (Wildman–Crippen MR) is 94.6 cm³/mol. The number of aromatic nitrogens is 2. The van der Waals surface area contributed by atoms with Crippen LogP contribution in [-0.4, -0.2) is 30.3 Å². The minimum absolute atomic E-state index is 0.267. The van der Waals surface area contributed by atoms with Gasteiger partial charge in [0.15, 0.2) is 0 Å². The Morgan fingerprint density at radius 3 is 2.64 bits per heavy atom. The van der Waals surface area contributed by atoms with Crippen molar-refractivity contribution in [3.05, 3.63) is 40.6 Å². The van der Waals surface area contributed by atoms with E-state index in [0.717, 1.165) is 9.75 Å². The number of thiophene rings is 1. The number of benzene rings is 1. The van der Waals surface area contributed by atoms with Crippen molar-refractivity contribution in [3.63, 3.8) is 0 Å². The first-order valence-corrected chi connectivity index (χ1v) is 8.28. The van der Waals surface area contributed by atoms with Gasteiger partial charge in [-0.05, 0) is 25.1 Å². The molecule has 1 aromatic carbocycles. The van der Waals surface area contributed by atoms with E-state index in [0.29, 0.717) is 34.5 Å². The topological polar surface area (TPSA) is 86.5 Å². The molecule has 1 N–H and O–H groups in total. The van der Waals surface area contributed by atoms with E-state index in [2.05, 4.69) is 15.5 Å². The van der Waals surface area contributed by atoms with E-state index in [1.807, 2.05) is 13.0 Å². The monoisotopic (exact) mass is 359 g/mol. The summed E-state index contributed by atoms with van der Waals surface area (Å²) in [7, 11) is 3.07. The number of rotatable bonds is 5. The fourth-order valence-corrected chi connectivity index (χ4v) is 3.19. The van der Waals surface area contributed by atoms with Gasteiger partial charge in [0.05, 0.1) is 30.3 Å². The Hall–Kier alpha value is -2.87. The van der Waals surface area contributed by atoms with Gasteiger partial charge in [0, 0.05) is 17.9 Å². The van der Waals surface area contributed by atoms with Crippen LogP contribution in [0.5, 0.6) is 11.5 Å². The standard InChI is InChI=1S/C17H17N3O4S/c1-9-13(8-15(25-9)16-18-10(2)24-20-16)19-17(21)12-6-5-11(22-3)7-14(12)23-4/h5-8H,1-4H3,(H,19,21). The molecule has 0 radical (unpaired) electrons. The molecule has 2 heterocycles. The third-order valence-corrected chi connectivity index (χ3v) is 4.61. The molecule has 0 aliphatic heterocycles. The maximum Gasteiger partial charge on any atom is 0.259 e. The summed E-state index contributed by atoms with van der Waals surface area (Å²) >= 11 is 1.48. The van der Waals surface area contributed by atoms with Gasteiger partial charge in [0.25, 0.3) is 5.91 Å². The van der Waals surface area contributed by atoms with Gasteiger partial charge in [-0.25, -0.2) is 0 Å². The highest BCUT2D eigenvalue weighted by molar-refractivity contribution is 7.16. The molecule has 0 saturated carbocycles. The average molecular weight is 359 g/mol.